The van der Waals surface area contributed by atoms with E-state index in [4.69, 9.17) is 16.3 Å². The number of carbonyl (C=O) groups excluding carboxylic acids is 1. The maximum Gasteiger partial charge on any atom is 0.264 e. The van der Waals surface area contributed by atoms with E-state index in [9.17, 15) is 13.2 Å². The molecule has 0 aliphatic rings. The number of benzene rings is 3. The Morgan fingerprint density at radius 3 is 2.45 bits per heavy atom. The van der Waals surface area contributed by atoms with Crippen LogP contribution in [0.1, 0.15) is 18.9 Å². The Bertz CT molecular complexity index is 1200. The first-order valence-electron chi connectivity index (χ1n) is 10.3. The number of rotatable bonds is 10. The number of hydrogen-bond acceptors (Lipinski definition) is 5. The normalized spacial score (nSPS) is 11.3. The molecule has 0 saturated carbocycles. The summed E-state index contributed by atoms with van der Waals surface area (Å²) in [6, 6.07) is 21.4. The monoisotopic (exact) mass is 485 g/mol. The van der Waals surface area contributed by atoms with E-state index >= 15 is 0 Å². The topological polar surface area (TPSA) is 88.1 Å². The van der Waals surface area contributed by atoms with Crippen LogP contribution in [0.25, 0.3) is 0 Å². The maximum atomic E-state index is 13.2. The fourth-order valence-corrected chi connectivity index (χ4v) is 4.50. The smallest absolute Gasteiger partial charge is 0.264 e. The summed E-state index contributed by atoms with van der Waals surface area (Å²) in [6.07, 6.45) is 2.39. The van der Waals surface area contributed by atoms with Gasteiger partial charge in [-0.25, -0.2) is 13.8 Å². The zero-order chi connectivity index (χ0) is 23.7. The van der Waals surface area contributed by atoms with Gasteiger partial charge in [0.1, 0.15) is 12.3 Å². The molecule has 9 heteroatoms. The summed E-state index contributed by atoms with van der Waals surface area (Å²) in [6.45, 7) is 2.19. The molecule has 0 aromatic heterocycles. The first-order chi connectivity index (χ1) is 15.9. The number of ether oxygens (including phenoxy) is 1. The van der Waals surface area contributed by atoms with Crippen molar-refractivity contribution in [3.8, 4) is 5.75 Å². The number of sulfonamides is 1. The van der Waals surface area contributed by atoms with Crippen molar-refractivity contribution in [2.45, 2.75) is 18.2 Å². The Labute approximate surface area is 198 Å². The number of hydrogen-bond donors (Lipinski definition) is 1. The van der Waals surface area contributed by atoms with Crippen molar-refractivity contribution >= 4 is 39.4 Å². The molecular weight excluding hydrogens is 462 g/mol. The van der Waals surface area contributed by atoms with Crippen molar-refractivity contribution in [1.82, 2.24) is 5.43 Å². The average Bonchev–Trinajstić information content (AvgIpc) is 2.82. The predicted octanol–water partition coefficient (Wildman–Crippen LogP) is 4.47. The van der Waals surface area contributed by atoms with E-state index in [1.807, 2.05) is 19.1 Å². The van der Waals surface area contributed by atoms with Crippen molar-refractivity contribution in [1.29, 1.82) is 0 Å². The van der Waals surface area contributed by atoms with Gasteiger partial charge < -0.3 is 4.74 Å². The van der Waals surface area contributed by atoms with Gasteiger partial charge in [-0.1, -0.05) is 42.8 Å². The minimum atomic E-state index is -4.01. The summed E-state index contributed by atoms with van der Waals surface area (Å²) in [5, 5.41) is 4.29. The van der Waals surface area contributed by atoms with Gasteiger partial charge >= 0.3 is 0 Å². The molecule has 3 aromatic rings. The number of amides is 1. The second kappa shape index (κ2) is 11.5. The standard InChI is InChI=1S/C24H24ClN3O4S/c1-2-15-32-22-13-11-19(12-14-22)17-26-27-24(29)18-28(21-8-6-7-20(25)16-21)33(30,31)23-9-4-3-5-10-23/h3-14,16-17H,2,15,18H2,1H3,(H,27,29)/b26-17+. The molecule has 3 aromatic carbocycles. The fraction of sp³-hybridized carbons (Fsp3) is 0.167. The molecular formula is C24H24ClN3O4S. The Hall–Kier alpha value is -3.36. The van der Waals surface area contributed by atoms with Crippen LogP contribution >= 0.6 is 11.6 Å². The highest BCUT2D eigenvalue weighted by atomic mass is 35.5. The van der Waals surface area contributed by atoms with Crippen molar-refractivity contribution in [2.24, 2.45) is 5.10 Å². The average molecular weight is 486 g/mol. The molecule has 0 saturated heterocycles. The zero-order valence-electron chi connectivity index (χ0n) is 18.0. The summed E-state index contributed by atoms with van der Waals surface area (Å²) < 4.78 is 33.0. The third-order valence-corrected chi connectivity index (χ3v) is 6.49. The van der Waals surface area contributed by atoms with Crippen molar-refractivity contribution in [3.05, 3.63) is 89.4 Å². The molecule has 0 unspecified atom stereocenters. The molecule has 0 heterocycles. The highest BCUT2D eigenvalue weighted by Crippen LogP contribution is 2.25. The molecule has 0 aliphatic heterocycles. The fourth-order valence-electron chi connectivity index (χ4n) is 2.88. The Kier molecular flexibility index (Phi) is 8.46. The molecule has 0 atom stereocenters. The second-order valence-corrected chi connectivity index (χ2v) is 9.31. The van der Waals surface area contributed by atoms with Crippen LogP contribution < -0.4 is 14.5 Å². The Balaban J connectivity index is 1.73. The van der Waals surface area contributed by atoms with Crippen LogP contribution in [0.5, 0.6) is 5.75 Å². The Morgan fingerprint density at radius 2 is 1.79 bits per heavy atom. The van der Waals surface area contributed by atoms with E-state index in [0.29, 0.717) is 11.6 Å². The number of anilines is 1. The van der Waals surface area contributed by atoms with E-state index in [1.54, 1.807) is 48.5 Å². The summed E-state index contributed by atoms with van der Waals surface area (Å²) in [5.74, 6) is 0.148. The SMILES string of the molecule is CCCOc1ccc(/C=N/NC(=O)CN(c2cccc(Cl)c2)S(=O)(=O)c2ccccc2)cc1. The van der Waals surface area contributed by atoms with E-state index in [-0.39, 0.29) is 10.6 Å². The highest BCUT2D eigenvalue weighted by Gasteiger charge is 2.27. The van der Waals surface area contributed by atoms with Crippen LogP contribution in [0.2, 0.25) is 5.02 Å². The number of halogens is 1. The van der Waals surface area contributed by atoms with Crippen molar-refractivity contribution < 1.29 is 17.9 Å². The quantitative estimate of drug-likeness (QED) is 0.339. The van der Waals surface area contributed by atoms with Crippen LogP contribution in [0.15, 0.2) is 88.9 Å². The third kappa shape index (κ3) is 6.81. The van der Waals surface area contributed by atoms with E-state index in [2.05, 4.69) is 10.5 Å². The lowest BCUT2D eigenvalue weighted by molar-refractivity contribution is -0.119. The second-order valence-electron chi connectivity index (χ2n) is 7.02. The number of carbonyl (C=O) groups is 1. The molecule has 172 valence electrons. The minimum absolute atomic E-state index is 0.0617. The van der Waals surface area contributed by atoms with Gasteiger partial charge in [0, 0.05) is 5.02 Å². The predicted molar refractivity (Wildman–Crippen MR) is 130 cm³/mol. The lowest BCUT2D eigenvalue weighted by Crippen LogP contribution is -2.39. The Morgan fingerprint density at radius 1 is 1.06 bits per heavy atom. The molecule has 0 radical (unpaired) electrons. The van der Waals surface area contributed by atoms with E-state index in [0.717, 1.165) is 22.0 Å². The van der Waals surface area contributed by atoms with Gasteiger partial charge in [0.15, 0.2) is 0 Å². The van der Waals surface area contributed by atoms with E-state index in [1.165, 1.54) is 24.4 Å². The minimum Gasteiger partial charge on any atom is -0.494 e. The summed E-state index contributed by atoms with van der Waals surface area (Å²) in [5.41, 5.74) is 3.40. The molecule has 0 fully saturated rings. The molecule has 1 N–H and O–H groups in total. The van der Waals surface area contributed by atoms with Crippen LogP contribution in [0.4, 0.5) is 5.69 Å². The maximum absolute atomic E-state index is 13.2. The summed E-state index contributed by atoms with van der Waals surface area (Å²) >= 11 is 6.06. The van der Waals surface area contributed by atoms with Crippen molar-refractivity contribution in [2.75, 3.05) is 17.5 Å². The van der Waals surface area contributed by atoms with Gasteiger partial charge in [-0.05, 0) is 66.6 Å². The molecule has 0 bridgehead atoms. The number of nitrogens with zero attached hydrogens (tertiary/aromatic N) is 2. The number of hydrazone groups is 1. The number of nitrogens with one attached hydrogen (secondary N) is 1. The van der Waals surface area contributed by atoms with Crippen LogP contribution in [0, 0.1) is 0 Å². The van der Waals surface area contributed by atoms with E-state index < -0.39 is 22.5 Å². The van der Waals surface area contributed by atoms with Crippen LogP contribution in [-0.4, -0.2) is 33.7 Å². The molecule has 1 amide bonds. The summed E-state index contributed by atoms with van der Waals surface area (Å²) in [7, 11) is -4.01. The van der Waals surface area contributed by atoms with Gasteiger partial charge in [-0.3, -0.25) is 9.10 Å². The lowest BCUT2D eigenvalue weighted by Gasteiger charge is -2.23. The largest absolute Gasteiger partial charge is 0.494 e. The molecule has 33 heavy (non-hydrogen) atoms. The lowest BCUT2D eigenvalue weighted by atomic mass is 10.2. The van der Waals surface area contributed by atoms with Gasteiger partial charge in [-0.15, -0.1) is 0 Å². The van der Waals surface area contributed by atoms with Gasteiger partial charge in [0.05, 0.1) is 23.4 Å². The first-order valence-corrected chi connectivity index (χ1v) is 12.1. The summed E-state index contributed by atoms with van der Waals surface area (Å²) in [4.78, 5) is 12.6. The molecule has 3 rings (SSSR count). The third-order valence-electron chi connectivity index (χ3n) is 4.47. The van der Waals surface area contributed by atoms with Crippen LogP contribution in [0.3, 0.4) is 0 Å². The molecule has 7 nitrogen and oxygen atoms in total. The highest BCUT2D eigenvalue weighted by molar-refractivity contribution is 7.92. The van der Waals surface area contributed by atoms with Gasteiger partial charge in [-0.2, -0.15) is 5.10 Å². The van der Waals surface area contributed by atoms with Crippen LogP contribution in [-0.2, 0) is 14.8 Å². The van der Waals surface area contributed by atoms with Gasteiger partial charge in [0.25, 0.3) is 15.9 Å². The van der Waals surface area contributed by atoms with Gasteiger partial charge in [0.2, 0.25) is 0 Å². The molecule has 0 spiro atoms. The zero-order valence-corrected chi connectivity index (χ0v) is 19.6. The molecule has 0 aliphatic carbocycles. The van der Waals surface area contributed by atoms with Crippen molar-refractivity contribution in [3.63, 3.8) is 0 Å². The first kappa shape index (κ1) is 24.3.